The van der Waals surface area contributed by atoms with Gasteiger partial charge in [0.15, 0.2) is 0 Å². The number of aromatic nitrogens is 3. The minimum Gasteiger partial charge on any atom is -0.489 e. The molecule has 1 aliphatic heterocycles. The van der Waals surface area contributed by atoms with Crippen molar-refractivity contribution < 1.29 is 9.53 Å². The number of anilines is 1. The van der Waals surface area contributed by atoms with E-state index >= 15 is 0 Å². The van der Waals surface area contributed by atoms with Gasteiger partial charge < -0.3 is 15.8 Å². The van der Waals surface area contributed by atoms with E-state index in [0.717, 1.165) is 16.9 Å². The molecular formula is C22H22ClN5O2S. The first-order valence-electron chi connectivity index (χ1n) is 9.80. The molecule has 9 heteroatoms. The van der Waals surface area contributed by atoms with E-state index < -0.39 is 11.9 Å². The SMILES string of the molecule is CCSc1nc2n(n1)C(c1ccc(OCc3cccc(Cl)c3)cc1)C(C(N)=O)=C(C)N2. The number of ether oxygens (including phenoxy) is 1. The van der Waals surface area contributed by atoms with Crippen molar-refractivity contribution in [3.05, 3.63) is 76.0 Å². The van der Waals surface area contributed by atoms with Crippen LogP contribution in [0.3, 0.4) is 0 Å². The zero-order valence-corrected chi connectivity index (χ0v) is 18.7. The second-order valence-corrected chi connectivity index (χ2v) is 8.68. The van der Waals surface area contributed by atoms with Crippen molar-refractivity contribution in [3.63, 3.8) is 0 Å². The van der Waals surface area contributed by atoms with Crippen molar-refractivity contribution in [1.82, 2.24) is 14.8 Å². The van der Waals surface area contributed by atoms with E-state index in [0.29, 0.717) is 39.8 Å². The number of nitrogens with one attached hydrogen (secondary N) is 1. The molecule has 1 aromatic heterocycles. The third-order valence-corrected chi connectivity index (χ3v) is 5.82. The largest absolute Gasteiger partial charge is 0.489 e. The third kappa shape index (κ3) is 4.55. The quantitative estimate of drug-likeness (QED) is 0.513. The van der Waals surface area contributed by atoms with E-state index in [1.807, 2.05) is 62.4 Å². The fraction of sp³-hybridized carbons (Fsp3) is 0.227. The van der Waals surface area contributed by atoms with Crippen molar-refractivity contribution in [2.75, 3.05) is 11.1 Å². The summed E-state index contributed by atoms with van der Waals surface area (Å²) in [4.78, 5) is 16.8. The highest BCUT2D eigenvalue weighted by Crippen LogP contribution is 2.36. The molecule has 31 heavy (non-hydrogen) atoms. The summed E-state index contributed by atoms with van der Waals surface area (Å²) in [6, 6.07) is 14.7. The number of carbonyl (C=O) groups is 1. The van der Waals surface area contributed by atoms with E-state index in [-0.39, 0.29) is 0 Å². The molecule has 0 aliphatic carbocycles. The highest BCUT2D eigenvalue weighted by atomic mass is 35.5. The monoisotopic (exact) mass is 455 g/mol. The molecule has 0 saturated carbocycles. The fourth-order valence-corrected chi connectivity index (χ4v) is 4.26. The van der Waals surface area contributed by atoms with Crippen LogP contribution in [0.5, 0.6) is 5.75 Å². The van der Waals surface area contributed by atoms with Gasteiger partial charge in [-0.25, -0.2) is 4.68 Å². The molecule has 3 N–H and O–H groups in total. The van der Waals surface area contributed by atoms with Crippen LogP contribution in [0.25, 0.3) is 0 Å². The molecule has 1 unspecified atom stereocenters. The minimum absolute atomic E-state index is 0.406. The van der Waals surface area contributed by atoms with Crippen LogP contribution in [0.1, 0.15) is 31.0 Å². The van der Waals surface area contributed by atoms with E-state index in [2.05, 4.69) is 15.4 Å². The van der Waals surface area contributed by atoms with Gasteiger partial charge in [-0.2, -0.15) is 4.98 Å². The molecule has 0 spiro atoms. The van der Waals surface area contributed by atoms with Crippen LogP contribution < -0.4 is 15.8 Å². The second kappa shape index (κ2) is 9.03. The summed E-state index contributed by atoms with van der Waals surface area (Å²) in [6.45, 7) is 4.26. The Morgan fingerprint density at radius 1 is 1.29 bits per heavy atom. The lowest BCUT2D eigenvalue weighted by molar-refractivity contribution is -0.115. The van der Waals surface area contributed by atoms with Crippen molar-refractivity contribution in [1.29, 1.82) is 0 Å². The average Bonchev–Trinajstić information content (AvgIpc) is 3.13. The Labute approximate surface area is 189 Å². The van der Waals surface area contributed by atoms with Crippen molar-refractivity contribution in [3.8, 4) is 5.75 Å². The number of carbonyl (C=O) groups excluding carboxylic acids is 1. The number of nitrogens with zero attached hydrogens (tertiary/aromatic N) is 3. The smallest absolute Gasteiger partial charge is 0.248 e. The molecule has 0 bridgehead atoms. The summed E-state index contributed by atoms with van der Waals surface area (Å²) in [5, 5.41) is 9.06. The summed E-state index contributed by atoms with van der Waals surface area (Å²) in [7, 11) is 0. The van der Waals surface area contributed by atoms with Gasteiger partial charge in [-0.15, -0.1) is 5.10 Å². The number of fused-ring (bicyclic) bond motifs is 1. The number of hydrogen-bond acceptors (Lipinski definition) is 6. The predicted octanol–water partition coefficient (Wildman–Crippen LogP) is 4.40. The summed E-state index contributed by atoms with van der Waals surface area (Å²) in [5.41, 5.74) is 8.70. The maximum absolute atomic E-state index is 12.3. The Hall–Kier alpha value is -2.97. The molecule has 2 heterocycles. The van der Waals surface area contributed by atoms with E-state index in [1.54, 1.807) is 4.68 Å². The molecule has 1 aliphatic rings. The Balaban J connectivity index is 1.61. The van der Waals surface area contributed by atoms with Crippen LogP contribution in [-0.4, -0.2) is 26.4 Å². The number of thioether (sulfide) groups is 1. The molecule has 4 rings (SSSR count). The van der Waals surface area contributed by atoms with Gasteiger partial charge in [0.05, 0.1) is 5.57 Å². The number of primary amides is 1. The number of amides is 1. The van der Waals surface area contributed by atoms with Crippen LogP contribution in [0.2, 0.25) is 5.02 Å². The van der Waals surface area contributed by atoms with Crippen LogP contribution in [0, 0.1) is 0 Å². The van der Waals surface area contributed by atoms with Crippen molar-refractivity contribution >= 4 is 35.2 Å². The van der Waals surface area contributed by atoms with Gasteiger partial charge in [-0.05, 0) is 48.1 Å². The lowest BCUT2D eigenvalue weighted by atomic mass is 9.95. The number of rotatable bonds is 7. The van der Waals surface area contributed by atoms with Crippen LogP contribution in [0.15, 0.2) is 65.0 Å². The predicted molar refractivity (Wildman–Crippen MR) is 122 cm³/mol. The molecule has 0 fully saturated rings. The van der Waals surface area contributed by atoms with Gasteiger partial charge in [-0.1, -0.05) is 54.6 Å². The molecule has 0 saturated heterocycles. The highest BCUT2D eigenvalue weighted by molar-refractivity contribution is 7.99. The zero-order valence-electron chi connectivity index (χ0n) is 17.1. The standard InChI is InChI=1S/C22H22ClN5O2S/c1-3-31-22-26-21-25-13(2)18(20(24)29)19(28(21)27-22)15-7-9-17(10-8-15)30-12-14-5-4-6-16(23)11-14/h4-11,19H,3,12H2,1-2H3,(H2,24,29)(H,25,26,27). The maximum Gasteiger partial charge on any atom is 0.248 e. The van der Waals surface area contributed by atoms with Gasteiger partial charge in [-0.3, -0.25) is 4.79 Å². The van der Waals surface area contributed by atoms with Crippen LogP contribution in [0.4, 0.5) is 5.95 Å². The molecule has 7 nitrogen and oxygen atoms in total. The van der Waals surface area contributed by atoms with E-state index in [4.69, 9.17) is 22.1 Å². The summed E-state index contributed by atoms with van der Waals surface area (Å²) in [5.74, 6) is 1.65. The number of halogens is 1. The van der Waals surface area contributed by atoms with Gasteiger partial charge in [0.2, 0.25) is 17.0 Å². The lowest BCUT2D eigenvalue weighted by Crippen LogP contribution is -2.31. The number of benzene rings is 2. The van der Waals surface area contributed by atoms with Gasteiger partial charge in [0.25, 0.3) is 0 Å². The number of allylic oxidation sites excluding steroid dienone is 1. The molecule has 2 aromatic carbocycles. The lowest BCUT2D eigenvalue weighted by Gasteiger charge is -2.27. The van der Waals surface area contributed by atoms with Crippen molar-refractivity contribution in [2.24, 2.45) is 5.73 Å². The molecule has 3 aromatic rings. The number of nitrogens with two attached hydrogens (primary N) is 1. The Kier molecular flexibility index (Phi) is 6.20. The molecular weight excluding hydrogens is 434 g/mol. The van der Waals surface area contributed by atoms with Crippen LogP contribution in [-0.2, 0) is 11.4 Å². The third-order valence-electron chi connectivity index (χ3n) is 4.86. The van der Waals surface area contributed by atoms with Gasteiger partial charge >= 0.3 is 0 Å². The molecule has 1 atom stereocenters. The maximum atomic E-state index is 12.3. The Bertz CT molecular complexity index is 1140. The van der Waals surface area contributed by atoms with E-state index in [9.17, 15) is 4.79 Å². The fourth-order valence-electron chi connectivity index (χ4n) is 3.49. The first kappa shape index (κ1) is 21.3. The molecule has 160 valence electrons. The average molecular weight is 456 g/mol. The highest BCUT2D eigenvalue weighted by Gasteiger charge is 2.33. The Morgan fingerprint density at radius 3 is 2.74 bits per heavy atom. The normalized spacial score (nSPS) is 15.4. The zero-order chi connectivity index (χ0) is 22.0. The summed E-state index contributed by atoms with van der Waals surface area (Å²) < 4.78 is 7.59. The Morgan fingerprint density at radius 2 is 2.06 bits per heavy atom. The van der Waals surface area contributed by atoms with Crippen LogP contribution >= 0.6 is 23.4 Å². The van der Waals surface area contributed by atoms with Gasteiger partial charge in [0, 0.05) is 10.7 Å². The first-order chi connectivity index (χ1) is 15.0. The number of hydrogen-bond donors (Lipinski definition) is 2. The summed E-state index contributed by atoms with van der Waals surface area (Å²) >= 11 is 7.57. The molecule has 1 amide bonds. The minimum atomic E-state index is -0.498. The molecule has 0 radical (unpaired) electrons. The van der Waals surface area contributed by atoms with Gasteiger partial charge in [0.1, 0.15) is 18.4 Å². The summed E-state index contributed by atoms with van der Waals surface area (Å²) in [6.07, 6.45) is 0. The van der Waals surface area contributed by atoms with Crippen molar-refractivity contribution in [2.45, 2.75) is 31.7 Å². The van der Waals surface area contributed by atoms with E-state index in [1.165, 1.54) is 11.8 Å². The first-order valence-corrected chi connectivity index (χ1v) is 11.2. The second-order valence-electron chi connectivity index (χ2n) is 7.01. The topological polar surface area (TPSA) is 95.1 Å².